The van der Waals surface area contributed by atoms with Gasteiger partial charge in [0.2, 0.25) is 16.0 Å². The second-order valence-corrected chi connectivity index (χ2v) is 10.0. The molecular weight excluding hydrogens is 543 g/mol. The molecule has 0 bridgehead atoms. The predicted octanol–water partition coefficient (Wildman–Crippen LogP) is 2.68. The first kappa shape index (κ1) is 26.8. The van der Waals surface area contributed by atoms with E-state index in [9.17, 15) is 21.6 Å². The Morgan fingerprint density at radius 1 is 1.22 bits per heavy atom. The van der Waals surface area contributed by atoms with Crippen LogP contribution < -0.4 is 14.2 Å². The smallest absolute Gasteiger partial charge is 0.422 e. The van der Waals surface area contributed by atoms with E-state index in [2.05, 4.69) is 29.9 Å². The number of hydrogen-bond donors (Lipinski definition) is 1. The summed E-state index contributed by atoms with van der Waals surface area (Å²) in [6.07, 6.45) is 0.558. The Morgan fingerprint density at radius 3 is 2.68 bits per heavy atom. The van der Waals surface area contributed by atoms with E-state index in [1.54, 1.807) is 6.92 Å². The van der Waals surface area contributed by atoms with Gasteiger partial charge in [-0.1, -0.05) is 11.6 Å². The third-order valence-corrected chi connectivity index (χ3v) is 6.44. The maximum absolute atomic E-state index is 12.8. The number of rotatable bonds is 10. The lowest BCUT2D eigenvalue weighted by Crippen LogP contribution is -2.26. The fraction of sp³-hybridized carbons (Fsp3) is 0.450. The molecule has 0 radical (unpaired) electrons. The Bertz CT molecular complexity index is 1340. The van der Waals surface area contributed by atoms with Crippen LogP contribution in [0.5, 0.6) is 11.5 Å². The van der Waals surface area contributed by atoms with Gasteiger partial charge in [0.25, 0.3) is 0 Å². The molecule has 0 unspecified atom stereocenters. The topological polar surface area (TPSA) is 143 Å². The van der Waals surface area contributed by atoms with E-state index in [1.807, 2.05) is 0 Å². The average Bonchev–Trinajstić information content (AvgIpc) is 3.16. The van der Waals surface area contributed by atoms with Crippen LogP contribution in [0.25, 0.3) is 11.4 Å². The summed E-state index contributed by atoms with van der Waals surface area (Å²) in [5.41, 5.74) is 0.172. The average molecular weight is 564 g/mol. The second-order valence-electron chi connectivity index (χ2n) is 7.75. The van der Waals surface area contributed by atoms with Crippen LogP contribution in [0, 0.1) is 0 Å². The number of halogens is 4. The van der Waals surface area contributed by atoms with Crippen molar-refractivity contribution in [1.82, 2.24) is 29.7 Å². The Labute approximate surface area is 214 Å². The van der Waals surface area contributed by atoms with Crippen LogP contribution in [-0.4, -0.2) is 76.5 Å². The Hall–Kier alpha value is -3.24. The number of hydrogen-bond acceptors (Lipinski definition) is 10. The normalized spacial score (nSPS) is 15.3. The standard InChI is InChI=1S/C20H21ClF3N7O5S/c1-2-34-9-13-10-35-17-14(7-25-8-15(17)36-11-20(22,23)24)18-28-29-19(31(13)18)30-37(32,33)4-3-16-26-5-12(21)6-27-16/h5-8,13H,2-4,9-11H2,1H3,(H,29,30)/t13-/m0/s1. The zero-order valence-electron chi connectivity index (χ0n) is 19.3. The molecule has 1 N–H and O–H groups in total. The summed E-state index contributed by atoms with van der Waals surface area (Å²) in [7, 11) is -3.95. The number of sulfonamides is 1. The number of aromatic nitrogens is 6. The molecule has 4 heterocycles. The van der Waals surface area contributed by atoms with Crippen molar-refractivity contribution in [1.29, 1.82) is 0 Å². The van der Waals surface area contributed by atoms with Crippen LogP contribution in [0.1, 0.15) is 18.8 Å². The van der Waals surface area contributed by atoms with Gasteiger partial charge in [0.05, 0.1) is 35.2 Å². The lowest BCUT2D eigenvalue weighted by molar-refractivity contribution is -0.153. The van der Waals surface area contributed by atoms with Crippen LogP contribution in [0.15, 0.2) is 24.8 Å². The van der Waals surface area contributed by atoms with Crippen molar-refractivity contribution in [2.75, 3.05) is 36.9 Å². The molecule has 0 aromatic carbocycles. The van der Waals surface area contributed by atoms with Crippen LogP contribution >= 0.6 is 11.6 Å². The number of fused-ring (bicyclic) bond motifs is 3. The van der Waals surface area contributed by atoms with E-state index < -0.39 is 28.8 Å². The highest BCUT2D eigenvalue weighted by atomic mass is 35.5. The van der Waals surface area contributed by atoms with Gasteiger partial charge >= 0.3 is 6.18 Å². The van der Waals surface area contributed by atoms with Crippen molar-refractivity contribution in [2.45, 2.75) is 25.6 Å². The molecule has 1 aliphatic rings. The molecule has 0 saturated heterocycles. The second kappa shape index (κ2) is 11.0. The van der Waals surface area contributed by atoms with Crippen LogP contribution in [-0.2, 0) is 21.2 Å². The first-order chi connectivity index (χ1) is 17.6. The van der Waals surface area contributed by atoms with E-state index in [0.717, 1.165) is 6.20 Å². The zero-order valence-corrected chi connectivity index (χ0v) is 20.8. The van der Waals surface area contributed by atoms with Crippen molar-refractivity contribution < 1.29 is 35.8 Å². The Kier molecular flexibility index (Phi) is 7.99. The van der Waals surface area contributed by atoms with Crippen LogP contribution in [0.4, 0.5) is 19.1 Å². The summed E-state index contributed by atoms with van der Waals surface area (Å²) in [6.45, 7) is 0.554. The summed E-state index contributed by atoms with van der Waals surface area (Å²) in [5, 5.41) is 8.37. The molecule has 0 saturated carbocycles. The van der Waals surface area contributed by atoms with Gasteiger partial charge in [-0.3, -0.25) is 14.3 Å². The molecule has 4 rings (SSSR count). The number of aryl methyl sites for hydroxylation is 1. The fourth-order valence-corrected chi connectivity index (χ4v) is 4.47. The summed E-state index contributed by atoms with van der Waals surface area (Å²) in [6, 6.07) is -0.634. The highest BCUT2D eigenvalue weighted by molar-refractivity contribution is 7.92. The molecule has 1 atom stereocenters. The maximum Gasteiger partial charge on any atom is 0.422 e. The van der Waals surface area contributed by atoms with E-state index >= 15 is 0 Å². The highest BCUT2D eigenvalue weighted by Crippen LogP contribution is 2.41. The van der Waals surface area contributed by atoms with Crippen molar-refractivity contribution in [3.05, 3.63) is 35.6 Å². The van der Waals surface area contributed by atoms with E-state index in [4.69, 9.17) is 25.8 Å². The van der Waals surface area contributed by atoms with Crippen LogP contribution in [0.2, 0.25) is 5.02 Å². The van der Waals surface area contributed by atoms with E-state index in [1.165, 1.54) is 23.2 Å². The number of nitrogens with zero attached hydrogens (tertiary/aromatic N) is 6. The van der Waals surface area contributed by atoms with Gasteiger partial charge in [0.15, 0.2) is 23.9 Å². The van der Waals surface area contributed by atoms with E-state index in [0.29, 0.717) is 11.6 Å². The number of alkyl halides is 3. The van der Waals surface area contributed by atoms with Gasteiger partial charge in [0, 0.05) is 31.6 Å². The predicted molar refractivity (Wildman–Crippen MR) is 124 cm³/mol. The molecule has 0 amide bonds. The SMILES string of the molecule is CCOC[C@H]1COc2c(OCC(F)(F)F)cncc2-c2nnc(NS(=O)(=O)CCc3ncc(Cl)cn3)n21. The summed E-state index contributed by atoms with van der Waals surface area (Å²) in [5.74, 6) is -0.371. The van der Waals surface area contributed by atoms with Crippen molar-refractivity contribution in [2.24, 2.45) is 0 Å². The quantitative estimate of drug-likeness (QED) is 0.391. The number of anilines is 1. The van der Waals surface area contributed by atoms with Gasteiger partial charge in [-0.15, -0.1) is 10.2 Å². The summed E-state index contributed by atoms with van der Waals surface area (Å²) < 4.78 is 83.9. The zero-order chi connectivity index (χ0) is 26.6. The minimum Gasteiger partial charge on any atom is -0.487 e. The number of nitrogens with one attached hydrogen (secondary N) is 1. The van der Waals surface area contributed by atoms with Gasteiger partial charge in [-0.2, -0.15) is 13.2 Å². The molecule has 1 aliphatic heterocycles. The Balaban J connectivity index is 1.64. The van der Waals surface area contributed by atoms with Gasteiger partial charge in [0.1, 0.15) is 12.4 Å². The first-order valence-corrected chi connectivity index (χ1v) is 12.9. The van der Waals surface area contributed by atoms with Gasteiger partial charge in [-0.25, -0.2) is 18.4 Å². The van der Waals surface area contributed by atoms with Gasteiger partial charge in [-0.05, 0) is 6.92 Å². The van der Waals surface area contributed by atoms with Crippen LogP contribution in [0.3, 0.4) is 0 Å². The third kappa shape index (κ3) is 6.75. The first-order valence-electron chi connectivity index (χ1n) is 10.9. The lowest BCUT2D eigenvalue weighted by atomic mass is 10.2. The summed E-state index contributed by atoms with van der Waals surface area (Å²) in [4.78, 5) is 11.9. The van der Waals surface area contributed by atoms with Crippen molar-refractivity contribution in [3.63, 3.8) is 0 Å². The van der Waals surface area contributed by atoms with E-state index in [-0.39, 0.29) is 60.0 Å². The maximum atomic E-state index is 12.8. The largest absolute Gasteiger partial charge is 0.487 e. The molecule has 0 aliphatic carbocycles. The third-order valence-electron chi connectivity index (χ3n) is 5.01. The molecular formula is C20H21ClF3N7O5S. The molecule has 12 nitrogen and oxygen atoms in total. The molecule has 0 fully saturated rings. The Morgan fingerprint density at radius 2 is 1.97 bits per heavy atom. The fourth-order valence-electron chi connectivity index (χ4n) is 3.41. The number of pyridine rings is 1. The van der Waals surface area contributed by atoms with Crippen molar-refractivity contribution in [3.8, 4) is 22.9 Å². The lowest BCUT2D eigenvalue weighted by Gasteiger charge is -2.19. The highest BCUT2D eigenvalue weighted by Gasteiger charge is 2.33. The monoisotopic (exact) mass is 563 g/mol. The minimum atomic E-state index is -4.58. The molecule has 17 heteroatoms. The minimum absolute atomic E-state index is 0.00559. The number of ether oxygens (including phenoxy) is 3. The molecule has 0 spiro atoms. The molecule has 3 aromatic heterocycles. The molecule has 3 aromatic rings. The summed E-state index contributed by atoms with van der Waals surface area (Å²) >= 11 is 5.75. The van der Waals surface area contributed by atoms with Gasteiger partial charge < -0.3 is 14.2 Å². The van der Waals surface area contributed by atoms with Crippen molar-refractivity contribution >= 4 is 27.6 Å². The molecule has 37 heavy (non-hydrogen) atoms. The molecule has 200 valence electrons.